The molecule has 0 unspecified atom stereocenters. The molecule has 10 nitrogen and oxygen atoms in total. The molecule has 0 amide bonds. The zero-order valence-electron chi connectivity index (χ0n) is 19.7. The highest BCUT2D eigenvalue weighted by molar-refractivity contribution is 5.83. The molecule has 182 valence electrons. The van der Waals surface area contributed by atoms with Crippen molar-refractivity contribution in [1.29, 1.82) is 0 Å². The van der Waals surface area contributed by atoms with E-state index in [2.05, 4.69) is 42.6 Å². The fourth-order valence-corrected chi connectivity index (χ4v) is 3.46. The van der Waals surface area contributed by atoms with Crippen LogP contribution in [0, 0.1) is 25.6 Å². The number of esters is 1. The maximum atomic E-state index is 11.9. The van der Waals surface area contributed by atoms with Crippen LogP contribution in [0.15, 0.2) is 58.7 Å². The number of carbonyl (C=O) groups is 1. The lowest BCUT2D eigenvalue weighted by Crippen LogP contribution is -2.30. The molecule has 0 saturated heterocycles. The van der Waals surface area contributed by atoms with Gasteiger partial charge in [-0.25, -0.2) is 4.79 Å². The van der Waals surface area contributed by atoms with Crippen LogP contribution in [0.4, 0.5) is 0 Å². The van der Waals surface area contributed by atoms with E-state index in [4.69, 9.17) is 4.74 Å². The van der Waals surface area contributed by atoms with E-state index in [1.165, 1.54) is 30.1 Å². The van der Waals surface area contributed by atoms with Gasteiger partial charge in [-0.15, -0.1) is 20.2 Å². The highest BCUT2D eigenvalue weighted by Crippen LogP contribution is 2.40. The predicted octanol–water partition coefficient (Wildman–Crippen LogP) is 4.85. The number of hydrogen-bond donors (Lipinski definition) is 0. The van der Waals surface area contributed by atoms with Crippen molar-refractivity contribution in [3.05, 3.63) is 79.0 Å². The summed E-state index contributed by atoms with van der Waals surface area (Å²) in [5.74, 6) is -0.766. The Morgan fingerprint density at radius 1 is 1.12 bits per heavy atom. The zero-order valence-corrected chi connectivity index (χ0v) is 19.7. The van der Waals surface area contributed by atoms with Crippen LogP contribution in [-0.2, 0) is 19.2 Å². The first-order chi connectivity index (χ1) is 15.4. The lowest BCUT2D eigenvalue weighted by atomic mass is 9.72. The van der Waals surface area contributed by atoms with Gasteiger partial charge >= 0.3 is 5.97 Å². The van der Waals surface area contributed by atoms with Crippen molar-refractivity contribution in [2.24, 2.45) is 5.41 Å². The Kier molecular flexibility index (Phi) is 11.0. The van der Waals surface area contributed by atoms with Gasteiger partial charge in [-0.05, 0) is 56.6 Å². The summed E-state index contributed by atoms with van der Waals surface area (Å²) in [7, 11) is 0. The standard InChI is InChI=1S/C23H32N2O8/c1-17(11-12-21-19(3)10-7-13-23(21,4)5)8-6-9-18(2)14-22(26)31-15-20(33-25(29)30)16-32-24(27)28/h6,8-9,11-12,14,20H,7,10,13,15-16H2,1-5H3/t20-/m1/s1. The number of allylic oxidation sites excluding steroid dienone is 9. The molecule has 0 N–H and O–H groups in total. The number of ether oxygens (including phenoxy) is 1. The van der Waals surface area contributed by atoms with Crippen LogP contribution in [0.1, 0.15) is 53.9 Å². The van der Waals surface area contributed by atoms with Crippen LogP contribution in [0.25, 0.3) is 0 Å². The van der Waals surface area contributed by atoms with Crippen molar-refractivity contribution in [2.45, 2.75) is 60.0 Å². The Morgan fingerprint density at radius 2 is 1.82 bits per heavy atom. The van der Waals surface area contributed by atoms with Crippen molar-refractivity contribution in [2.75, 3.05) is 13.2 Å². The second-order valence-electron chi connectivity index (χ2n) is 8.52. The van der Waals surface area contributed by atoms with Gasteiger partial charge in [0, 0.05) is 6.08 Å². The summed E-state index contributed by atoms with van der Waals surface area (Å²) in [5.41, 5.74) is 4.63. The quantitative estimate of drug-likeness (QED) is 0.132. The third-order valence-corrected chi connectivity index (χ3v) is 5.13. The molecule has 33 heavy (non-hydrogen) atoms. The topological polar surface area (TPSA) is 131 Å². The van der Waals surface area contributed by atoms with E-state index in [0.717, 1.165) is 12.0 Å². The third-order valence-electron chi connectivity index (χ3n) is 5.13. The highest BCUT2D eigenvalue weighted by Gasteiger charge is 2.26. The van der Waals surface area contributed by atoms with Gasteiger partial charge in [-0.1, -0.05) is 55.4 Å². The minimum absolute atomic E-state index is 0.174. The average Bonchev–Trinajstić information content (AvgIpc) is 2.68. The predicted molar refractivity (Wildman–Crippen MR) is 122 cm³/mol. The van der Waals surface area contributed by atoms with Crippen molar-refractivity contribution in [3.63, 3.8) is 0 Å². The Hall–Kier alpha value is -3.43. The zero-order chi connectivity index (χ0) is 25.0. The summed E-state index contributed by atoms with van der Waals surface area (Å²) in [4.78, 5) is 40.7. The highest BCUT2D eigenvalue weighted by atomic mass is 17.0. The number of rotatable bonds is 12. The smallest absolute Gasteiger partial charge is 0.331 e. The first-order valence-corrected chi connectivity index (χ1v) is 10.6. The van der Waals surface area contributed by atoms with E-state index in [9.17, 15) is 25.0 Å². The van der Waals surface area contributed by atoms with Gasteiger partial charge in [0.15, 0.2) is 6.10 Å². The monoisotopic (exact) mass is 464 g/mol. The third kappa shape index (κ3) is 11.1. The fraction of sp³-hybridized carbons (Fsp3) is 0.522. The molecule has 1 rings (SSSR count). The molecule has 0 spiro atoms. The van der Waals surface area contributed by atoms with E-state index in [0.29, 0.717) is 5.57 Å². The first-order valence-electron chi connectivity index (χ1n) is 10.6. The lowest BCUT2D eigenvalue weighted by Gasteiger charge is -2.32. The molecule has 0 heterocycles. The number of carbonyl (C=O) groups excluding carboxylic acids is 1. The number of nitrogens with zero attached hydrogens (tertiary/aromatic N) is 2. The van der Waals surface area contributed by atoms with Gasteiger partial charge in [0.25, 0.3) is 10.2 Å². The molecule has 0 aromatic heterocycles. The summed E-state index contributed by atoms with van der Waals surface area (Å²) in [6, 6.07) is 0. The Bertz CT molecular complexity index is 881. The molecular formula is C23H32N2O8. The summed E-state index contributed by atoms with van der Waals surface area (Å²) in [6.45, 7) is 9.09. The van der Waals surface area contributed by atoms with E-state index >= 15 is 0 Å². The normalized spacial score (nSPS) is 17.8. The minimum atomic E-state index is -1.41. The summed E-state index contributed by atoms with van der Waals surface area (Å²) in [5, 5.41) is 18.4. The molecule has 0 fully saturated rings. The van der Waals surface area contributed by atoms with Gasteiger partial charge in [-0.3, -0.25) is 0 Å². The van der Waals surface area contributed by atoms with Crippen LogP contribution in [-0.4, -0.2) is 35.5 Å². The second kappa shape index (κ2) is 13.2. The van der Waals surface area contributed by atoms with Gasteiger partial charge in [-0.2, -0.15) is 0 Å². The Morgan fingerprint density at radius 3 is 2.42 bits per heavy atom. The fourth-order valence-electron chi connectivity index (χ4n) is 3.46. The molecule has 1 atom stereocenters. The van der Waals surface area contributed by atoms with Crippen molar-refractivity contribution >= 4 is 5.97 Å². The van der Waals surface area contributed by atoms with Crippen molar-refractivity contribution in [1.82, 2.24) is 0 Å². The molecule has 1 aliphatic rings. The van der Waals surface area contributed by atoms with Gasteiger partial charge in [0.05, 0.1) is 0 Å². The second-order valence-corrected chi connectivity index (χ2v) is 8.52. The van der Waals surface area contributed by atoms with E-state index < -0.39 is 35.5 Å². The SMILES string of the molecule is CC(C=CC1=C(C)CCCC1(C)C)=CC=CC(C)=CC(=O)OC[C@H](CO[N+](=O)[O-])O[N+](=O)[O-]. The largest absolute Gasteiger partial charge is 0.460 e. The van der Waals surface area contributed by atoms with Crippen LogP contribution in [0.2, 0.25) is 0 Å². The number of hydrogen-bond acceptors (Lipinski definition) is 8. The van der Waals surface area contributed by atoms with Crippen LogP contribution in [0.5, 0.6) is 0 Å². The molecule has 0 aromatic carbocycles. The van der Waals surface area contributed by atoms with Gasteiger partial charge in [0.2, 0.25) is 0 Å². The molecule has 0 radical (unpaired) electrons. The van der Waals surface area contributed by atoms with Crippen LogP contribution in [0.3, 0.4) is 0 Å². The molecule has 0 bridgehead atoms. The first kappa shape index (κ1) is 27.6. The summed E-state index contributed by atoms with van der Waals surface area (Å²) >= 11 is 0. The molecular weight excluding hydrogens is 432 g/mol. The molecule has 1 aliphatic carbocycles. The summed E-state index contributed by atoms with van der Waals surface area (Å²) in [6.07, 6.45) is 13.0. The minimum Gasteiger partial charge on any atom is -0.460 e. The molecule has 10 heteroatoms. The maximum absolute atomic E-state index is 11.9. The lowest BCUT2D eigenvalue weighted by molar-refractivity contribution is -0.790. The Balaban J connectivity index is 2.64. The average molecular weight is 465 g/mol. The van der Waals surface area contributed by atoms with E-state index in [-0.39, 0.29) is 5.41 Å². The maximum Gasteiger partial charge on any atom is 0.331 e. The summed E-state index contributed by atoms with van der Waals surface area (Å²) < 4.78 is 4.86. The molecule has 0 saturated carbocycles. The van der Waals surface area contributed by atoms with Crippen molar-refractivity contribution in [3.8, 4) is 0 Å². The Labute approximate surface area is 193 Å². The van der Waals surface area contributed by atoms with E-state index in [1.54, 1.807) is 19.1 Å². The van der Waals surface area contributed by atoms with Crippen LogP contribution < -0.4 is 0 Å². The van der Waals surface area contributed by atoms with Crippen LogP contribution >= 0.6 is 0 Å². The van der Waals surface area contributed by atoms with Crippen molar-refractivity contribution < 1.29 is 29.4 Å². The van der Waals surface area contributed by atoms with E-state index in [1.807, 2.05) is 13.0 Å². The van der Waals surface area contributed by atoms with Gasteiger partial charge in [0.1, 0.15) is 13.2 Å². The van der Waals surface area contributed by atoms with Gasteiger partial charge < -0.3 is 14.4 Å². The molecule has 0 aliphatic heterocycles. The molecule has 0 aromatic rings.